The minimum atomic E-state index is -0.276. The number of hydrogen-bond acceptors (Lipinski definition) is 8. The van der Waals surface area contributed by atoms with E-state index in [1.54, 1.807) is 25.3 Å². The average molecular weight is 414 g/mol. The highest BCUT2D eigenvalue weighted by Crippen LogP contribution is 2.30. The van der Waals surface area contributed by atoms with Crippen LogP contribution in [0.4, 0.5) is 5.13 Å². The van der Waals surface area contributed by atoms with Gasteiger partial charge in [-0.1, -0.05) is 29.5 Å². The van der Waals surface area contributed by atoms with Crippen molar-refractivity contribution in [2.24, 2.45) is 0 Å². The van der Waals surface area contributed by atoms with E-state index in [0.717, 1.165) is 34.0 Å². The van der Waals surface area contributed by atoms with Crippen LogP contribution in [-0.2, 0) is 17.8 Å². The topological polar surface area (TPSA) is 99.4 Å². The van der Waals surface area contributed by atoms with E-state index in [0.29, 0.717) is 23.2 Å². The van der Waals surface area contributed by atoms with E-state index in [9.17, 15) is 4.79 Å². The number of rotatable bonds is 8. The summed E-state index contributed by atoms with van der Waals surface area (Å²) in [5.41, 5.74) is 2.51. The summed E-state index contributed by atoms with van der Waals surface area (Å²) in [5.74, 6) is 1.61. The Morgan fingerprint density at radius 1 is 1.28 bits per heavy atom. The number of aromatic nitrogens is 3. The highest BCUT2D eigenvalue weighted by atomic mass is 32.1. The van der Waals surface area contributed by atoms with Gasteiger partial charge in [0.15, 0.2) is 11.5 Å². The number of carbonyl (C=O) groups is 1. The molecule has 0 saturated heterocycles. The lowest BCUT2D eigenvalue weighted by Crippen LogP contribution is -2.07. The molecule has 0 aliphatic heterocycles. The van der Waals surface area contributed by atoms with Gasteiger partial charge in [-0.15, -0.1) is 10.2 Å². The largest absolute Gasteiger partial charge is 0.493 e. The fraction of sp³-hybridized carbons (Fsp3) is 0.300. The third kappa shape index (κ3) is 5.20. The lowest BCUT2D eigenvalue weighted by molar-refractivity contribution is -0.111. The van der Waals surface area contributed by atoms with Crippen molar-refractivity contribution in [3.8, 4) is 11.5 Å². The van der Waals surface area contributed by atoms with Crippen molar-refractivity contribution in [1.29, 1.82) is 0 Å². The number of aryl methyl sites for hydroxylation is 3. The average Bonchev–Trinajstić information content (AvgIpc) is 3.31. The van der Waals surface area contributed by atoms with E-state index in [2.05, 4.69) is 20.7 Å². The van der Waals surface area contributed by atoms with E-state index in [1.165, 1.54) is 17.4 Å². The molecule has 1 aromatic carbocycles. The maximum absolute atomic E-state index is 12.1. The first-order valence-corrected chi connectivity index (χ1v) is 9.85. The zero-order valence-corrected chi connectivity index (χ0v) is 17.5. The summed E-state index contributed by atoms with van der Waals surface area (Å²) in [6.45, 7) is 6.04. The molecule has 0 radical (unpaired) electrons. The molecule has 0 aliphatic carbocycles. The Bertz CT molecular complexity index is 1010. The maximum atomic E-state index is 12.1. The second-order valence-corrected chi connectivity index (χ2v) is 7.24. The zero-order chi connectivity index (χ0) is 20.8. The van der Waals surface area contributed by atoms with Gasteiger partial charge in [-0.25, -0.2) is 0 Å². The first kappa shape index (κ1) is 20.5. The highest BCUT2D eigenvalue weighted by molar-refractivity contribution is 7.15. The van der Waals surface area contributed by atoms with Crippen molar-refractivity contribution in [1.82, 2.24) is 15.4 Å². The van der Waals surface area contributed by atoms with Gasteiger partial charge in [0.1, 0.15) is 17.4 Å². The van der Waals surface area contributed by atoms with Crippen molar-refractivity contribution in [3.63, 3.8) is 0 Å². The van der Waals surface area contributed by atoms with E-state index in [4.69, 9.17) is 14.0 Å². The quantitative estimate of drug-likeness (QED) is 0.557. The predicted octanol–water partition coefficient (Wildman–Crippen LogP) is 3.94. The number of benzene rings is 1. The van der Waals surface area contributed by atoms with Gasteiger partial charge in [-0.3, -0.25) is 10.1 Å². The Kier molecular flexibility index (Phi) is 6.61. The number of nitrogens with one attached hydrogen (secondary N) is 1. The van der Waals surface area contributed by atoms with Gasteiger partial charge in [-0.05, 0) is 44.0 Å². The standard InChI is InChI=1S/C20H22N4O4S/c1-5-19-22-23-20(29-19)21-18(25)9-7-14-6-8-16(17(10-14)26-4)27-11-15-12(2)24-28-13(15)3/h6-10H,5,11H2,1-4H3,(H,21,23,25). The summed E-state index contributed by atoms with van der Waals surface area (Å²) in [4.78, 5) is 12.1. The molecule has 1 amide bonds. The summed E-state index contributed by atoms with van der Waals surface area (Å²) < 4.78 is 16.4. The minimum Gasteiger partial charge on any atom is -0.493 e. The molecule has 29 heavy (non-hydrogen) atoms. The van der Waals surface area contributed by atoms with Crippen LogP contribution in [0.25, 0.3) is 6.08 Å². The van der Waals surface area contributed by atoms with E-state index < -0.39 is 0 Å². The molecule has 2 aromatic heterocycles. The van der Waals surface area contributed by atoms with Crippen LogP contribution in [0, 0.1) is 13.8 Å². The summed E-state index contributed by atoms with van der Waals surface area (Å²) in [6.07, 6.45) is 3.91. The molecule has 0 atom stereocenters. The number of methoxy groups -OCH3 is 1. The first-order valence-electron chi connectivity index (χ1n) is 9.04. The van der Waals surface area contributed by atoms with Crippen molar-refractivity contribution in [3.05, 3.63) is 51.9 Å². The Labute approximate surface area is 172 Å². The zero-order valence-electron chi connectivity index (χ0n) is 16.7. The van der Waals surface area contributed by atoms with E-state index in [-0.39, 0.29) is 5.91 Å². The molecule has 0 unspecified atom stereocenters. The molecule has 0 fully saturated rings. The van der Waals surface area contributed by atoms with Gasteiger partial charge in [0, 0.05) is 6.08 Å². The summed E-state index contributed by atoms with van der Waals surface area (Å²) in [5, 5.41) is 15.9. The normalized spacial score (nSPS) is 11.0. The van der Waals surface area contributed by atoms with Gasteiger partial charge in [0.2, 0.25) is 11.0 Å². The van der Waals surface area contributed by atoms with Crippen LogP contribution in [0.1, 0.15) is 34.5 Å². The second kappa shape index (κ2) is 9.33. The Morgan fingerprint density at radius 3 is 2.76 bits per heavy atom. The van der Waals surface area contributed by atoms with E-state index >= 15 is 0 Å². The third-order valence-corrected chi connectivity index (χ3v) is 5.15. The van der Waals surface area contributed by atoms with Crippen LogP contribution in [0.5, 0.6) is 11.5 Å². The molecular formula is C20H22N4O4S. The Morgan fingerprint density at radius 2 is 2.10 bits per heavy atom. The smallest absolute Gasteiger partial charge is 0.250 e. The molecule has 3 aromatic rings. The molecule has 152 valence electrons. The van der Waals surface area contributed by atoms with Gasteiger partial charge in [0.05, 0.1) is 18.4 Å². The van der Waals surface area contributed by atoms with Crippen LogP contribution in [0.2, 0.25) is 0 Å². The fourth-order valence-electron chi connectivity index (χ4n) is 2.53. The van der Waals surface area contributed by atoms with Gasteiger partial charge in [-0.2, -0.15) is 0 Å². The number of ether oxygens (including phenoxy) is 2. The van der Waals surface area contributed by atoms with Crippen LogP contribution >= 0.6 is 11.3 Å². The second-order valence-electron chi connectivity index (χ2n) is 6.18. The molecule has 0 bridgehead atoms. The number of nitrogens with zero attached hydrogens (tertiary/aromatic N) is 3. The van der Waals surface area contributed by atoms with Gasteiger partial charge >= 0.3 is 0 Å². The van der Waals surface area contributed by atoms with Crippen LogP contribution in [0.15, 0.2) is 28.8 Å². The lowest BCUT2D eigenvalue weighted by Gasteiger charge is -2.11. The Balaban J connectivity index is 1.64. The molecule has 1 N–H and O–H groups in total. The van der Waals surface area contributed by atoms with E-state index in [1.807, 2.05) is 26.8 Å². The maximum Gasteiger partial charge on any atom is 0.250 e. The SMILES string of the molecule is CCc1nnc(NC(=O)C=Cc2ccc(OCc3c(C)noc3C)c(OC)c2)s1. The van der Waals surface area contributed by atoms with Crippen molar-refractivity contribution < 1.29 is 18.8 Å². The van der Waals surface area contributed by atoms with Crippen molar-refractivity contribution in [2.75, 3.05) is 12.4 Å². The molecular weight excluding hydrogens is 392 g/mol. The van der Waals surface area contributed by atoms with Crippen LogP contribution in [-0.4, -0.2) is 28.4 Å². The first-order chi connectivity index (χ1) is 14.0. The van der Waals surface area contributed by atoms with Crippen LogP contribution < -0.4 is 14.8 Å². The van der Waals surface area contributed by atoms with Gasteiger partial charge in [0.25, 0.3) is 0 Å². The summed E-state index contributed by atoms with van der Waals surface area (Å²) >= 11 is 1.36. The van der Waals surface area contributed by atoms with Crippen molar-refractivity contribution in [2.45, 2.75) is 33.8 Å². The summed E-state index contributed by atoms with van der Waals surface area (Å²) in [6, 6.07) is 5.44. The molecule has 9 heteroatoms. The monoisotopic (exact) mass is 414 g/mol. The molecule has 0 saturated carbocycles. The molecule has 2 heterocycles. The number of carbonyl (C=O) groups excluding carboxylic acids is 1. The third-order valence-electron chi connectivity index (χ3n) is 4.17. The fourth-order valence-corrected chi connectivity index (χ4v) is 3.21. The molecule has 3 rings (SSSR count). The molecule has 0 aliphatic rings. The lowest BCUT2D eigenvalue weighted by atomic mass is 10.2. The predicted molar refractivity (Wildman–Crippen MR) is 110 cm³/mol. The number of amides is 1. The van der Waals surface area contributed by atoms with Crippen LogP contribution in [0.3, 0.4) is 0 Å². The summed E-state index contributed by atoms with van der Waals surface area (Å²) in [7, 11) is 1.57. The Hall–Kier alpha value is -3.20. The van der Waals surface area contributed by atoms with Gasteiger partial charge < -0.3 is 14.0 Å². The molecule has 8 nitrogen and oxygen atoms in total. The number of hydrogen-bond donors (Lipinski definition) is 1. The number of anilines is 1. The molecule has 0 spiro atoms. The minimum absolute atomic E-state index is 0.276. The highest BCUT2D eigenvalue weighted by Gasteiger charge is 2.12. The van der Waals surface area contributed by atoms with Crippen molar-refractivity contribution >= 4 is 28.5 Å².